The van der Waals surface area contributed by atoms with Crippen LogP contribution >= 0.6 is 15.9 Å². The Morgan fingerprint density at radius 2 is 1.94 bits per heavy atom. The molecule has 1 atom stereocenters. The summed E-state index contributed by atoms with van der Waals surface area (Å²) in [5, 5.41) is 0.283. The van der Waals surface area contributed by atoms with Gasteiger partial charge >= 0.3 is 0 Å². The molecule has 0 aliphatic heterocycles. The van der Waals surface area contributed by atoms with E-state index in [9.17, 15) is 0 Å². The van der Waals surface area contributed by atoms with Crippen molar-refractivity contribution in [2.45, 2.75) is 57.8 Å². The monoisotopic (exact) mass is 326 g/mol. The zero-order chi connectivity index (χ0) is 13.6. The van der Waals surface area contributed by atoms with E-state index in [-0.39, 0.29) is 5.04 Å². The van der Waals surface area contributed by atoms with Gasteiger partial charge < -0.3 is 4.43 Å². The first-order valence-corrected chi connectivity index (χ1v) is 10.4. The van der Waals surface area contributed by atoms with Crippen LogP contribution in [0, 0.1) is 0 Å². The van der Waals surface area contributed by atoms with E-state index in [1.54, 1.807) is 0 Å². The van der Waals surface area contributed by atoms with Gasteiger partial charge in [0.1, 0.15) is 0 Å². The molecule has 0 heterocycles. The summed E-state index contributed by atoms with van der Waals surface area (Å²) >= 11 is 3.55. The van der Waals surface area contributed by atoms with E-state index in [2.05, 4.69) is 68.0 Å². The van der Waals surface area contributed by atoms with Crippen LogP contribution in [0.15, 0.2) is 22.7 Å². The van der Waals surface area contributed by atoms with Gasteiger partial charge in [-0.2, -0.15) is 0 Å². The highest BCUT2D eigenvalue weighted by Gasteiger charge is 2.40. The minimum Gasteiger partial charge on any atom is -0.410 e. The molecule has 1 aliphatic carbocycles. The number of rotatable bonds is 2. The van der Waals surface area contributed by atoms with Gasteiger partial charge in [-0.25, -0.2) is 0 Å². The standard InChI is InChI=1S/C15H23BrOSi/c1-15(2,3)18(4,5)17-14-9-6-11-10-12(16)7-8-13(11)14/h7-8,10,14H,6,9H2,1-5H3. The van der Waals surface area contributed by atoms with Gasteiger partial charge in [0.15, 0.2) is 8.32 Å². The van der Waals surface area contributed by atoms with Crippen molar-refractivity contribution >= 4 is 24.2 Å². The molecule has 0 saturated carbocycles. The van der Waals surface area contributed by atoms with Crippen LogP contribution in [-0.2, 0) is 10.8 Å². The highest BCUT2D eigenvalue weighted by molar-refractivity contribution is 9.10. The predicted octanol–water partition coefficient (Wildman–Crippen LogP) is 5.46. The van der Waals surface area contributed by atoms with Crippen molar-refractivity contribution < 1.29 is 4.43 Å². The van der Waals surface area contributed by atoms with E-state index in [1.165, 1.54) is 15.6 Å². The molecular formula is C15H23BrOSi. The Hall–Kier alpha value is -0.123. The van der Waals surface area contributed by atoms with Crippen LogP contribution in [0.2, 0.25) is 18.1 Å². The van der Waals surface area contributed by atoms with E-state index < -0.39 is 8.32 Å². The number of fused-ring (bicyclic) bond motifs is 1. The lowest BCUT2D eigenvalue weighted by Crippen LogP contribution is -2.41. The summed E-state index contributed by atoms with van der Waals surface area (Å²) in [5.41, 5.74) is 2.86. The molecule has 100 valence electrons. The maximum absolute atomic E-state index is 6.55. The number of hydrogen-bond acceptors (Lipinski definition) is 1. The molecule has 0 fully saturated rings. The van der Waals surface area contributed by atoms with Gasteiger partial charge in [-0.1, -0.05) is 42.8 Å². The smallest absolute Gasteiger partial charge is 0.192 e. The third kappa shape index (κ3) is 2.73. The van der Waals surface area contributed by atoms with Crippen molar-refractivity contribution in [2.24, 2.45) is 0 Å². The normalized spacial score (nSPS) is 20.0. The topological polar surface area (TPSA) is 9.23 Å². The zero-order valence-electron chi connectivity index (χ0n) is 12.0. The van der Waals surface area contributed by atoms with Crippen LogP contribution in [0.25, 0.3) is 0 Å². The van der Waals surface area contributed by atoms with Gasteiger partial charge in [0, 0.05) is 4.47 Å². The minimum atomic E-state index is -1.66. The first-order valence-electron chi connectivity index (χ1n) is 6.67. The minimum absolute atomic E-state index is 0.283. The molecule has 0 aromatic heterocycles. The van der Waals surface area contributed by atoms with Gasteiger partial charge in [-0.05, 0) is 54.2 Å². The second kappa shape index (κ2) is 4.77. The van der Waals surface area contributed by atoms with Crippen LogP contribution in [0.4, 0.5) is 0 Å². The first kappa shape index (κ1) is 14.3. The molecule has 0 radical (unpaired) electrons. The zero-order valence-corrected chi connectivity index (χ0v) is 14.6. The van der Waals surface area contributed by atoms with E-state index in [1.807, 2.05) is 0 Å². The molecule has 1 unspecified atom stereocenters. The number of benzene rings is 1. The molecule has 1 aromatic rings. The molecule has 1 aromatic carbocycles. The van der Waals surface area contributed by atoms with E-state index >= 15 is 0 Å². The summed E-state index contributed by atoms with van der Waals surface area (Å²) in [6, 6.07) is 6.60. The SMILES string of the molecule is CC(C)(C)[Si](C)(C)OC1CCc2cc(Br)ccc21. The van der Waals surface area contributed by atoms with Gasteiger partial charge in [0.05, 0.1) is 6.10 Å². The van der Waals surface area contributed by atoms with Crippen LogP contribution in [0.1, 0.15) is 44.4 Å². The Kier molecular flexibility index (Phi) is 3.78. The molecular weight excluding hydrogens is 304 g/mol. The molecule has 2 rings (SSSR count). The van der Waals surface area contributed by atoms with E-state index in [0.717, 1.165) is 12.8 Å². The Morgan fingerprint density at radius 3 is 2.56 bits per heavy atom. The second-order valence-corrected chi connectivity index (χ2v) is 12.4. The molecule has 0 N–H and O–H groups in total. The summed E-state index contributed by atoms with van der Waals surface area (Å²) in [7, 11) is -1.66. The second-order valence-electron chi connectivity index (χ2n) is 6.75. The number of hydrogen-bond donors (Lipinski definition) is 0. The Morgan fingerprint density at radius 1 is 1.28 bits per heavy atom. The largest absolute Gasteiger partial charge is 0.410 e. The van der Waals surface area contributed by atoms with Crippen molar-refractivity contribution in [3.63, 3.8) is 0 Å². The van der Waals surface area contributed by atoms with Crippen LogP contribution in [-0.4, -0.2) is 8.32 Å². The molecule has 18 heavy (non-hydrogen) atoms. The first-order chi connectivity index (χ1) is 8.21. The lowest BCUT2D eigenvalue weighted by atomic mass is 10.1. The highest BCUT2D eigenvalue weighted by Crippen LogP contribution is 2.43. The molecule has 0 amide bonds. The van der Waals surface area contributed by atoms with Gasteiger partial charge in [-0.3, -0.25) is 0 Å². The van der Waals surface area contributed by atoms with Crippen LogP contribution in [0.5, 0.6) is 0 Å². The van der Waals surface area contributed by atoms with Crippen molar-refractivity contribution in [1.82, 2.24) is 0 Å². The predicted molar refractivity (Wildman–Crippen MR) is 83.5 cm³/mol. The summed E-state index contributed by atoms with van der Waals surface area (Å²) < 4.78 is 7.73. The molecule has 3 heteroatoms. The maximum Gasteiger partial charge on any atom is 0.192 e. The average molecular weight is 327 g/mol. The maximum atomic E-state index is 6.55. The lowest BCUT2D eigenvalue weighted by molar-refractivity contribution is 0.185. The van der Waals surface area contributed by atoms with Crippen molar-refractivity contribution in [2.75, 3.05) is 0 Å². The van der Waals surface area contributed by atoms with Crippen molar-refractivity contribution in [3.05, 3.63) is 33.8 Å². The van der Waals surface area contributed by atoms with Crippen molar-refractivity contribution in [3.8, 4) is 0 Å². The summed E-state index contributed by atoms with van der Waals surface area (Å²) in [6.07, 6.45) is 2.60. The Bertz CT molecular complexity index is 448. The summed E-state index contributed by atoms with van der Waals surface area (Å²) in [5.74, 6) is 0. The Labute approximate surface area is 120 Å². The fourth-order valence-electron chi connectivity index (χ4n) is 2.20. The molecule has 0 saturated heterocycles. The van der Waals surface area contributed by atoms with Crippen LogP contribution < -0.4 is 0 Å². The molecule has 0 spiro atoms. The van der Waals surface area contributed by atoms with Gasteiger partial charge in [-0.15, -0.1) is 0 Å². The summed E-state index contributed by atoms with van der Waals surface area (Å²) in [6.45, 7) is 11.6. The number of aryl methyl sites for hydroxylation is 1. The van der Waals surface area contributed by atoms with Crippen molar-refractivity contribution in [1.29, 1.82) is 0 Å². The Balaban J connectivity index is 2.20. The third-order valence-electron chi connectivity index (χ3n) is 4.37. The van der Waals surface area contributed by atoms with E-state index in [4.69, 9.17) is 4.43 Å². The quantitative estimate of drug-likeness (QED) is 0.656. The number of halogens is 1. The van der Waals surface area contributed by atoms with Crippen LogP contribution in [0.3, 0.4) is 0 Å². The fraction of sp³-hybridized carbons (Fsp3) is 0.600. The van der Waals surface area contributed by atoms with Gasteiger partial charge in [0.2, 0.25) is 0 Å². The fourth-order valence-corrected chi connectivity index (χ4v) is 3.92. The van der Waals surface area contributed by atoms with Gasteiger partial charge in [0.25, 0.3) is 0 Å². The molecule has 1 aliphatic rings. The highest BCUT2D eigenvalue weighted by atomic mass is 79.9. The lowest BCUT2D eigenvalue weighted by Gasteiger charge is -2.38. The van der Waals surface area contributed by atoms with E-state index in [0.29, 0.717) is 6.10 Å². The molecule has 0 bridgehead atoms. The molecule has 1 nitrogen and oxygen atoms in total. The third-order valence-corrected chi connectivity index (χ3v) is 9.35. The average Bonchev–Trinajstić information content (AvgIpc) is 2.58. The summed E-state index contributed by atoms with van der Waals surface area (Å²) in [4.78, 5) is 0.